The number of aromatic amines is 2. The molecule has 7 nitrogen and oxygen atoms in total. The number of H-pyrrole nitrogens is 2. The monoisotopic (exact) mass is 328 g/mol. The SMILES string of the molecule is COc1cc[nH]c(=O)c1C(=O)Nc1cc(C2CC3CCC2C3)[nH]n1. The van der Waals surface area contributed by atoms with Crippen LogP contribution >= 0.6 is 0 Å². The second-order valence-corrected chi connectivity index (χ2v) is 6.69. The molecule has 24 heavy (non-hydrogen) atoms. The smallest absolute Gasteiger partial charge is 0.266 e. The molecule has 126 valence electrons. The number of ether oxygens (including phenoxy) is 1. The van der Waals surface area contributed by atoms with Crippen molar-refractivity contribution in [2.45, 2.75) is 31.6 Å². The number of carbonyl (C=O) groups is 1. The van der Waals surface area contributed by atoms with Crippen LogP contribution < -0.4 is 15.6 Å². The molecule has 2 aliphatic carbocycles. The summed E-state index contributed by atoms with van der Waals surface area (Å²) in [4.78, 5) is 26.8. The molecule has 0 spiro atoms. The number of fused-ring (bicyclic) bond motifs is 2. The molecule has 0 radical (unpaired) electrons. The highest BCUT2D eigenvalue weighted by Crippen LogP contribution is 2.52. The number of aromatic nitrogens is 3. The summed E-state index contributed by atoms with van der Waals surface area (Å²) in [6.07, 6.45) is 6.58. The van der Waals surface area contributed by atoms with Crippen LogP contribution in [0.2, 0.25) is 0 Å². The second-order valence-electron chi connectivity index (χ2n) is 6.69. The van der Waals surface area contributed by atoms with Gasteiger partial charge >= 0.3 is 0 Å². The number of nitrogens with one attached hydrogen (secondary N) is 3. The summed E-state index contributed by atoms with van der Waals surface area (Å²) in [5.74, 6) is 2.23. The molecule has 4 rings (SSSR count). The fourth-order valence-corrected chi connectivity index (χ4v) is 4.24. The van der Waals surface area contributed by atoms with Gasteiger partial charge in [0.25, 0.3) is 11.5 Å². The number of hydrogen-bond donors (Lipinski definition) is 3. The number of rotatable bonds is 4. The van der Waals surface area contributed by atoms with E-state index in [0.29, 0.717) is 11.7 Å². The van der Waals surface area contributed by atoms with Crippen molar-refractivity contribution in [2.24, 2.45) is 11.8 Å². The van der Waals surface area contributed by atoms with E-state index >= 15 is 0 Å². The van der Waals surface area contributed by atoms with Crippen molar-refractivity contribution in [3.8, 4) is 5.75 Å². The number of carbonyl (C=O) groups excluding carboxylic acids is 1. The van der Waals surface area contributed by atoms with Crippen LogP contribution in [0, 0.1) is 11.8 Å². The minimum atomic E-state index is -0.528. The van der Waals surface area contributed by atoms with E-state index in [1.807, 2.05) is 6.07 Å². The van der Waals surface area contributed by atoms with Crippen molar-refractivity contribution in [1.82, 2.24) is 15.2 Å². The molecule has 0 aromatic carbocycles. The minimum Gasteiger partial charge on any atom is -0.496 e. The lowest BCUT2D eigenvalue weighted by Crippen LogP contribution is -2.24. The zero-order valence-electron chi connectivity index (χ0n) is 13.5. The van der Waals surface area contributed by atoms with E-state index in [9.17, 15) is 9.59 Å². The molecule has 2 aromatic rings. The molecule has 2 fully saturated rings. The highest BCUT2D eigenvalue weighted by Gasteiger charge is 2.41. The van der Waals surface area contributed by atoms with E-state index in [1.165, 1.54) is 39.0 Å². The quantitative estimate of drug-likeness (QED) is 0.801. The maximum absolute atomic E-state index is 12.4. The Morgan fingerprint density at radius 3 is 2.96 bits per heavy atom. The minimum absolute atomic E-state index is 0.0514. The Hall–Kier alpha value is -2.57. The van der Waals surface area contributed by atoms with Crippen LogP contribution in [0.3, 0.4) is 0 Å². The molecule has 2 aromatic heterocycles. The van der Waals surface area contributed by atoms with Crippen LogP contribution in [0.1, 0.15) is 47.7 Å². The van der Waals surface area contributed by atoms with Gasteiger partial charge < -0.3 is 15.0 Å². The second kappa shape index (κ2) is 5.81. The van der Waals surface area contributed by atoms with E-state index in [-0.39, 0.29) is 11.3 Å². The maximum Gasteiger partial charge on any atom is 0.266 e. The van der Waals surface area contributed by atoms with Gasteiger partial charge in [-0.3, -0.25) is 14.7 Å². The first-order valence-electron chi connectivity index (χ1n) is 8.28. The fourth-order valence-electron chi connectivity index (χ4n) is 4.24. The van der Waals surface area contributed by atoms with Crippen molar-refractivity contribution < 1.29 is 9.53 Å². The van der Waals surface area contributed by atoms with Crippen LogP contribution in [0.25, 0.3) is 0 Å². The van der Waals surface area contributed by atoms with Gasteiger partial charge in [0.15, 0.2) is 5.82 Å². The van der Waals surface area contributed by atoms with Crippen molar-refractivity contribution in [2.75, 3.05) is 12.4 Å². The standard InChI is InChI=1S/C17H20N4O3/c1-24-13-4-5-18-16(22)15(13)17(23)19-14-8-12(20-21-14)11-7-9-2-3-10(11)6-9/h4-5,8-11H,2-3,6-7H2,1H3,(H,18,22)(H2,19,20,21,23). The molecule has 2 saturated carbocycles. The van der Waals surface area contributed by atoms with E-state index in [4.69, 9.17) is 4.74 Å². The number of pyridine rings is 1. The Morgan fingerprint density at radius 1 is 1.38 bits per heavy atom. The topological polar surface area (TPSA) is 99.9 Å². The molecule has 3 unspecified atom stereocenters. The van der Waals surface area contributed by atoms with E-state index in [0.717, 1.165) is 17.5 Å². The van der Waals surface area contributed by atoms with Gasteiger partial charge in [-0.2, -0.15) is 5.10 Å². The number of hydrogen-bond acceptors (Lipinski definition) is 4. The van der Waals surface area contributed by atoms with Gasteiger partial charge in [0.2, 0.25) is 0 Å². The van der Waals surface area contributed by atoms with Crippen LogP contribution in [-0.2, 0) is 0 Å². The van der Waals surface area contributed by atoms with Crippen LogP contribution in [0.4, 0.5) is 5.82 Å². The Labute approximate surface area is 138 Å². The average Bonchev–Trinajstić information content (AvgIpc) is 3.30. The van der Waals surface area contributed by atoms with E-state index in [2.05, 4.69) is 20.5 Å². The molecule has 2 aliphatic rings. The summed E-state index contributed by atoms with van der Waals surface area (Å²) in [7, 11) is 1.42. The zero-order chi connectivity index (χ0) is 16.7. The molecule has 2 bridgehead atoms. The first kappa shape index (κ1) is 15.0. The van der Waals surface area contributed by atoms with Gasteiger partial charge in [-0.1, -0.05) is 6.42 Å². The summed E-state index contributed by atoms with van der Waals surface area (Å²) < 4.78 is 5.10. The number of anilines is 1. The summed E-state index contributed by atoms with van der Waals surface area (Å²) in [6.45, 7) is 0. The molecule has 2 heterocycles. The Bertz CT molecular complexity index is 825. The lowest BCUT2D eigenvalue weighted by atomic mass is 9.86. The van der Waals surface area contributed by atoms with Crippen molar-refractivity contribution >= 4 is 11.7 Å². The van der Waals surface area contributed by atoms with E-state index in [1.54, 1.807) is 6.07 Å². The van der Waals surface area contributed by atoms with Gasteiger partial charge in [-0.15, -0.1) is 0 Å². The predicted molar refractivity (Wildman–Crippen MR) is 88.3 cm³/mol. The summed E-state index contributed by atoms with van der Waals surface area (Å²) in [5.41, 5.74) is 0.534. The van der Waals surface area contributed by atoms with E-state index < -0.39 is 11.5 Å². The Morgan fingerprint density at radius 2 is 2.25 bits per heavy atom. The predicted octanol–water partition coefficient (Wildman–Crippen LogP) is 2.26. The maximum atomic E-state index is 12.4. The number of nitrogens with zero attached hydrogens (tertiary/aromatic N) is 1. The highest BCUT2D eigenvalue weighted by atomic mass is 16.5. The Kier molecular flexibility index (Phi) is 3.63. The van der Waals surface area contributed by atoms with Gasteiger partial charge in [0.05, 0.1) is 7.11 Å². The summed E-state index contributed by atoms with van der Waals surface area (Å²) >= 11 is 0. The van der Waals surface area contributed by atoms with Gasteiger partial charge in [-0.25, -0.2) is 0 Å². The fraction of sp³-hybridized carbons (Fsp3) is 0.471. The normalized spacial score (nSPS) is 25.0. The van der Waals surface area contributed by atoms with Gasteiger partial charge in [0.1, 0.15) is 11.3 Å². The molecular weight excluding hydrogens is 308 g/mol. The lowest BCUT2D eigenvalue weighted by molar-refractivity contribution is 0.102. The third-order valence-corrected chi connectivity index (χ3v) is 5.35. The van der Waals surface area contributed by atoms with Crippen LogP contribution in [-0.4, -0.2) is 28.2 Å². The third-order valence-electron chi connectivity index (χ3n) is 5.35. The average molecular weight is 328 g/mol. The molecule has 0 saturated heterocycles. The van der Waals surface area contributed by atoms with Gasteiger partial charge in [0, 0.05) is 23.9 Å². The third kappa shape index (κ3) is 2.50. The van der Waals surface area contributed by atoms with Crippen molar-refractivity contribution in [1.29, 1.82) is 0 Å². The molecule has 1 amide bonds. The zero-order valence-corrected chi connectivity index (χ0v) is 13.5. The van der Waals surface area contributed by atoms with Crippen molar-refractivity contribution in [3.05, 3.63) is 39.9 Å². The molecular formula is C17H20N4O3. The first-order chi connectivity index (χ1) is 11.7. The highest BCUT2D eigenvalue weighted by molar-refractivity contribution is 6.05. The molecule has 3 atom stereocenters. The number of amides is 1. The largest absolute Gasteiger partial charge is 0.496 e. The van der Waals surface area contributed by atoms with Crippen molar-refractivity contribution in [3.63, 3.8) is 0 Å². The van der Waals surface area contributed by atoms with Crippen LogP contribution in [0.15, 0.2) is 23.1 Å². The summed E-state index contributed by atoms with van der Waals surface area (Å²) in [6, 6.07) is 3.43. The van der Waals surface area contributed by atoms with Gasteiger partial charge in [-0.05, 0) is 37.2 Å². The molecule has 7 heteroatoms. The molecule has 3 N–H and O–H groups in total. The first-order valence-corrected chi connectivity index (χ1v) is 8.28. The molecule has 0 aliphatic heterocycles. The summed E-state index contributed by atoms with van der Waals surface area (Å²) in [5, 5.41) is 9.92. The number of methoxy groups -OCH3 is 1. The Balaban J connectivity index is 1.52. The van der Waals surface area contributed by atoms with Crippen LogP contribution in [0.5, 0.6) is 5.75 Å². The lowest BCUT2D eigenvalue weighted by Gasteiger charge is -2.19.